The fourth-order valence-corrected chi connectivity index (χ4v) is 1.83. The monoisotopic (exact) mass is 225 g/mol. The second-order valence-electron chi connectivity index (χ2n) is 3.94. The second kappa shape index (κ2) is 5.30. The summed E-state index contributed by atoms with van der Waals surface area (Å²) in [6.07, 6.45) is -1.89. The van der Waals surface area contributed by atoms with Gasteiger partial charge in [-0.25, -0.2) is 0 Å². The number of methoxy groups -OCH3 is 1. The van der Waals surface area contributed by atoms with Crippen LogP contribution in [-0.2, 0) is 0 Å². The average molecular weight is 225 g/mol. The van der Waals surface area contributed by atoms with Crippen molar-refractivity contribution in [2.75, 3.05) is 13.7 Å². The zero-order valence-corrected chi connectivity index (χ0v) is 9.90. The number of aliphatic hydroxyl groups excluding tert-OH is 2. The van der Waals surface area contributed by atoms with Crippen molar-refractivity contribution in [3.63, 3.8) is 0 Å². The van der Waals surface area contributed by atoms with Crippen molar-refractivity contribution in [3.05, 3.63) is 28.8 Å². The minimum absolute atomic E-state index is 0.0330. The third kappa shape index (κ3) is 2.52. The van der Waals surface area contributed by atoms with Gasteiger partial charge in [0.2, 0.25) is 0 Å². The molecule has 0 aliphatic carbocycles. The van der Waals surface area contributed by atoms with Crippen LogP contribution in [0.25, 0.3) is 0 Å². The molecule has 1 aromatic carbocycles. The number of nitrogens with two attached hydrogens (primary N) is 1. The zero-order valence-electron chi connectivity index (χ0n) is 9.90. The Labute approximate surface area is 95.7 Å². The molecule has 0 amide bonds. The third-order valence-electron chi connectivity index (χ3n) is 2.63. The van der Waals surface area contributed by atoms with Crippen LogP contribution in [0.15, 0.2) is 12.1 Å². The van der Waals surface area contributed by atoms with E-state index in [1.807, 2.05) is 13.8 Å². The molecule has 0 radical (unpaired) electrons. The van der Waals surface area contributed by atoms with Crippen LogP contribution in [0.3, 0.4) is 0 Å². The Kier molecular flexibility index (Phi) is 4.29. The first-order valence-electron chi connectivity index (χ1n) is 5.22. The molecule has 4 heteroatoms. The average Bonchev–Trinajstić information content (AvgIpc) is 2.26. The Balaban J connectivity index is 3.08. The van der Waals surface area contributed by atoms with E-state index in [4.69, 9.17) is 10.5 Å². The molecule has 1 rings (SSSR count). The third-order valence-corrected chi connectivity index (χ3v) is 2.63. The maximum atomic E-state index is 9.83. The van der Waals surface area contributed by atoms with E-state index < -0.39 is 12.2 Å². The van der Waals surface area contributed by atoms with Crippen molar-refractivity contribution in [2.24, 2.45) is 5.73 Å². The van der Waals surface area contributed by atoms with E-state index in [0.29, 0.717) is 5.56 Å². The van der Waals surface area contributed by atoms with Gasteiger partial charge in [0.05, 0.1) is 13.2 Å². The molecule has 2 unspecified atom stereocenters. The topological polar surface area (TPSA) is 75.7 Å². The van der Waals surface area contributed by atoms with Crippen LogP contribution in [0.2, 0.25) is 0 Å². The van der Waals surface area contributed by atoms with E-state index in [-0.39, 0.29) is 6.54 Å². The van der Waals surface area contributed by atoms with Gasteiger partial charge in [-0.3, -0.25) is 0 Å². The first kappa shape index (κ1) is 13.0. The molecule has 0 fully saturated rings. The molecule has 0 aliphatic rings. The molecule has 2 atom stereocenters. The Bertz CT molecular complexity index is 342. The van der Waals surface area contributed by atoms with E-state index in [0.717, 1.165) is 16.9 Å². The van der Waals surface area contributed by atoms with Crippen LogP contribution < -0.4 is 10.5 Å². The van der Waals surface area contributed by atoms with Gasteiger partial charge in [0, 0.05) is 6.54 Å². The van der Waals surface area contributed by atoms with Crippen molar-refractivity contribution in [1.82, 2.24) is 0 Å². The molecular formula is C12H19NO3. The Morgan fingerprint density at radius 1 is 1.25 bits per heavy atom. The van der Waals surface area contributed by atoms with Crippen LogP contribution in [0.5, 0.6) is 5.75 Å². The summed E-state index contributed by atoms with van der Waals surface area (Å²) in [5.41, 5.74) is 7.83. The van der Waals surface area contributed by atoms with Gasteiger partial charge >= 0.3 is 0 Å². The Hall–Kier alpha value is -1.10. The summed E-state index contributed by atoms with van der Waals surface area (Å²) < 4.78 is 5.23. The van der Waals surface area contributed by atoms with Crippen molar-refractivity contribution < 1.29 is 14.9 Å². The van der Waals surface area contributed by atoms with E-state index in [1.54, 1.807) is 19.2 Å². The molecule has 1 aromatic rings. The quantitative estimate of drug-likeness (QED) is 0.704. The van der Waals surface area contributed by atoms with Crippen LogP contribution in [0, 0.1) is 13.8 Å². The highest BCUT2D eigenvalue weighted by molar-refractivity contribution is 5.44. The number of aliphatic hydroxyl groups is 2. The van der Waals surface area contributed by atoms with E-state index in [2.05, 4.69) is 0 Å². The maximum absolute atomic E-state index is 9.83. The highest BCUT2D eigenvalue weighted by atomic mass is 16.5. The molecule has 0 aliphatic heterocycles. The Morgan fingerprint density at radius 2 is 1.75 bits per heavy atom. The lowest BCUT2D eigenvalue weighted by Crippen LogP contribution is -2.27. The minimum atomic E-state index is -0.951. The standard InChI is InChI=1S/C12H19NO3/c1-7-4-9(11(15)10(14)6-13)5-8(2)12(7)16-3/h4-5,10-11,14-15H,6,13H2,1-3H3. The molecule has 0 saturated heterocycles. The van der Waals surface area contributed by atoms with Gasteiger partial charge in [-0.2, -0.15) is 0 Å². The van der Waals surface area contributed by atoms with Gasteiger partial charge < -0.3 is 20.7 Å². The van der Waals surface area contributed by atoms with Crippen molar-refractivity contribution >= 4 is 0 Å². The van der Waals surface area contributed by atoms with Gasteiger partial charge in [-0.05, 0) is 42.7 Å². The summed E-state index contributed by atoms with van der Waals surface area (Å²) in [5, 5.41) is 19.3. The molecule has 0 saturated carbocycles. The van der Waals surface area contributed by atoms with E-state index in [9.17, 15) is 10.2 Å². The number of rotatable bonds is 4. The fourth-order valence-electron chi connectivity index (χ4n) is 1.83. The zero-order chi connectivity index (χ0) is 12.3. The molecule has 0 bridgehead atoms. The van der Waals surface area contributed by atoms with Gasteiger partial charge in [-0.15, -0.1) is 0 Å². The van der Waals surface area contributed by atoms with E-state index >= 15 is 0 Å². The summed E-state index contributed by atoms with van der Waals surface area (Å²) in [7, 11) is 1.61. The van der Waals surface area contributed by atoms with E-state index in [1.165, 1.54) is 0 Å². The predicted octanol–water partition coefficient (Wildman–Crippen LogP) is 0.665. The first-order valence-corrected chi connectivity index (χ1v) is 5.22. The Morgan fingerprint density at radius 3 is 2.12 bits per heavy atom. The lowest BCUT2D eigenvalue weighted by Gasteiger charge is -2.19. The summed E-state index contributed by atoms with van der Waals surface area (Å²) in [6.45, 7) is 3.83. The molecule has 0 heterocycles. The maximum Gasteiger partial charge on any atom is 0.124 e. The number of ether oxygens (including phenoxy) is 1. The minimum Gasteiger partial charge on any atom is -0.496 e. The SMILES string of the molecule is COc1c(C)cc(C(O)C(O)CN)cc1C. The summed E-state index contributed by atoms with van der Waals surface area (Å²) in [4.78, 5) is 0. The van der Waals surface area contributed by atoms with Crippen molar-refractivity contribution in [3.8, 4) is 5.75 Å². The van der Waals surface area contributed by atoms with Crippen molar-refractivity contribution in [1.29, 1.82) is 0 Å². The molecular weight excluding hydrogens is 206 g/mol. The summed E-state index contributed by atoms with van der Waals surface area (Å²) in [6, 6.07) is 3.60. The second-order valence-corrected chi connectivity index (χ2v) is 3.94. The van der Waals surface area contributed by atoms with Crippen molar-refractivity contribution in [2.45, 2.75) is 26.1 Å². The fraction of sp³-hybridized carbons (Fsp3) is 0.500. The highest BCUT2D eigenvalue weighted by Gasteiger charge is 2.18. The van der Waals surface area contributed by atoms with Gasteiger partial charge in [-0.1, -0.05) is 0 Å². The number of benzene rings is 1. The normalized spacial score (nSPS) is 14.6. The lowest BCUT2D eigenvalue weighted by atomic mass is 9.99. The van der Waals surface area contributed by atoms with Crippen LogP contribution in [0.1, 0.15) is 22.8 Å². The van der Waals surface area contributed by atoms with Crippen LogP contribution in [0.4, 0.5) is 0 Å². The predicted molar refractivity (Wildman–Crippen MR) is 62.5 cm³/mol. The van der Waals surface area contributed by atoms with Gasteiger partial charge in [0.1, 0.15) is 11.9 Å². The van der Waals surface area contributed by atoms with Gasteiger partial charge in [0.25, 0.3) is 0 Å². The first-order chi connectivity index (χ1) is 7.51. The highest BCUT2D eigenvalue weighted by Crippen LogP contribution is 2.28. The van der Waals surface area contributed by atoms with Crippen LogP contribution >= 0.6 is 0 Å². The summed E-state index contributed by atoms with van der Waals surface area (Å²) in [5.74, 6) is 0.804. The molecule has 16 heavy (non-hydrogen) atoms. The summed E-state index contributed by atoms with van der Waals surface area (Å²) >= 11 is 0. The molecule has 0 spiro atoms. The molecule has 4 nitrogen and oxygen atoms in total. The number of hydrogen-bond acceptors (Lipinski definition) is 4. The number of aryl methyl sites for hydroxylation is 2. The molecule has 4 N–H and O–H groups in total. The lowest BCUT2D eigenvalue weighted by molar-refractivity contribution is 0.0242. The van der Waals surface area contributed by atoms with Crippen LogP contribution in [-0.4, -0.2) is 30.0 Å². The van der Waals surface area contributed by atoms with Gasteiger partial charge in [0.15, 0.2) is 0 Å². The molecule has 0 aromatic heterocycles. The number of hydrogen-bond donors (Lipinski definition) is 3. The molecule has 90 valence electrons. The largest absolute Gasteiger partial charge is 0.496 e. The smallest absolute Gasteiger partial charge is 0.124 e.